The first-order valence-corrected chi connectivity index (χ1v) is 6.99. The van der Waals surface area contributed by atoms with Gasteiger partial charge < -0.3 is 0 Å². The predicted molar refractivity (Wildman–Crippen MR) is 88.5 cm³/mol. The predicted octanol–water partition coefficient (Wildman–Crippen LogP) is 3.46. The monoisotopic (exact) mass is 294 g/mol. The van der Waals surface area contributed by atoms with E-state index in [2.05, 4.69) is 10.5 Å². The summed E-state index contributed by atoms with van der Waals surface area (Å²) in [6, 6.07) is 12.8. The molecule has 0 radical (unpaired) electrons. The maximum atomic E-state index is 12.3. The van der Waals surface area contributed by atoms with Gasteiger partial charge in [0.2, 0.25) is 5.78 Å². The van der Waals surface area contributed by atoms with Crippen LogP contribution in [0.1, 0.15) is 27.0 Å². The Hall–Kier alpha value is -2.75. The first-order chi connectivity index (χ1) is 10.5. The van der Waals surface area contributed by atoms with E-state index in [0.29, 0.717) is 11.8 Å². The van der Waals surface area contributed by atoms with Crippen LogP contribution in [0, 0.1) is 20.8 Å². The second-order valence-corrected chi connectivity index (χ2v) is 5.17. The Labute approximate surface area is 129 Å². The fourth-order valence-electron chi connectivity index (χ4n) is 1.98. The molecule has 112 valence electrons. The summed E-state index contributed by atoms with van der Waals surface area (Å²) in [6.45, 7) is 5.88. The minimum Gasteiger partial charge on any atom is -0.296 e. The first-order valence-electron chi connectivity index (χ1n) is 6.99. The van der Waals surface area contributed by atoms with Crippen molar-refractivity contribution in [1.82, 2.24) is 0 Å². The zero-order valence-corrected chi connectivity index (χ0v) is 12.9. The average Bonchev–Trinajstić information content (AvgIpc) is 2.52. The molecule has 0 aliphatic heterocycles. The molecule has 0 saturated carbocycles. The number of hydrogen-bond donors (Lipinski definition) is 1. The van der Waals surface area contributed by atoms with Crippen LogP contribution in [0.15, 0.2) is 47.6 Å². The number of anilines is 1. The number of aldehydes is 1. The molecule has 0 amide bonds. The number of Topliss-reactive ketones (excluding diaryl/α,β-unsaturated/α-hetero) is 1. The van der Waals surface area contributed by atoms with Gasteiger partial charge in [0.05, 0.1) is 5.69 Å². The van der Waals surface area contributed by atoms with E-state index in [-0.39, 0.29) is 5.71 Å². The number of ketones is 1. The van der Waals surface area contributed by atoms with Crippen molar-refractivity contribution < 1.29 is 9.59 Å². The van der Waals surface area contributed by atoms with Gasteiger partial charge in [0.1, 0.15) is 0 Å². The van der Waals surface area contributed by atoms with E-state index in [1.54, 1.807) is 12.1 Å². The summed E-state index contributed by atoms with van der Waals surface area (Å²) >= 11 is 0. The summed E-state index contributed by atoms with van der Waals surface area (Å²) in [5.74, 6) is -0.396. The summed E-state index contributed by atoms with van der Waals surface area (Å²) in [6.07, 6.45) is 0.473. The summed E-state index contributed by atoms with van der Waals surface area (Å²) in [7, 11) is 0. The van der Waals surface area contributed by atoms with Gasteiger partial charge in [-0.1, -0.05) is 42.0 Å². The number of nitrogens with one attached hydrogen (secondary N) is 1. The lowest BCUT2D eigenvalue weighted by Gasteiger charge is -2.08. The molecule has 4 heteroatoms. The Kier molecular flexibility index (Phi) is 4.84. The topological polar surface area (TPSA) is 58.5 Å². The van der Waals surface area contributed by atoms with Crippen LogP contribution in [0.25, 0.3) is 0 Å². The van der Waals surface area contributed by atoms with E-state index in [0.717, 1.165) is 22.4 Å². The van der Waals surface area contributed by atoms with Gasteiger partial charge >= 0.3 is 0 Å². The van der Waals surface area contributed by atoms with E-state index in [9.17, 15) is 9.59 Å². The Morgan fingerprint density at radius 1 is 1.05 bits per heavy atom. The molecule has 0 aliphatic carbocycles. The highest BCUT2D eigenvalue weighted by atomic mass is 16.1. The zero-order chi connectivity index (χ0) is 16.1. The third kappa shape index (κ3) is 3.47. The summed E-state index contributed by atoms with van der Waals surface area (Å²) in [5.41, 5.74) is 7.06. The van der Waals surface area contributed by atoms with Gasteiger partial charge in [-0.05, 0) is 38.0 Å². The fraction of sp³-hybridized carbons (Fsp3) is 0.167. The number of hydrazone groups is 1. The quantitative estimate of drug-likeness (QED) is 0.302. The summed E-state index contributed by atoms with van der Waals surface area (Å²) < 4.78 is 0. The molecular weight excluding hydrogens is 276 g/mol. The molecule has 0 bridgehead atoms. The summed E-state index contributed by atoms with van der Waals surface area (Å²) in [4.78, 5) is 23.4. The third-order valence-electron chi connectivity index (χ3n) is 3.56. The van der Waals surface area contributed by atoms with Crippen molar-refractivity contribution in [3.8, 4) is 0 Å². The lowest BCUT2D eigenvalue weighted by molar-refractivity contribution is -0.102. The fourth-order valence-corrected chi connectivity index (χ4v) is 1.98. The molecule has 0 saturated heterocycles. The molecule has 0 unspecified atom stereocenters. The SMILES string of the molecule is Cc1ccc(C(=O)C(C=O)=NNc2cccc(C)c2C)cc1. The van der Waals surface area contributed by atoms with Crippen LogP contribution in [0.4, 0.5) is 5.69 Å². The number of nitrogens with zero attached hydrogens (tertiary/aromatic N) is 1. The van der Waals surface area contributed by atoms with Gasteiger partial charge in [-0.25, -0.2) is 0 Å². The second-order valence-electron chi connectivity index (χ2n) is 5.17. The van der Waals surface area contributed by atoms with Crippen LogP contribution >= 0.6 is 0 Å². The molecule has 22 heavy (non-hydrogen) atoms. The highest BCUT2D eigenvalue weighted by molar-refractivity contribution is 6.63. The minimum atomic E-state index is -0.396. The van der Waals surface area contributed by atoms with Crippen LogP contribution < -0.4 is 5.43 Å². The molecule has 2 rings (SSSR count). The van der Waals surface area contributed by atoms with E-state index >= 15 is 0 Å². The van der Waals surface area contributed by atoms with E-state index in [4.69, 9.17) is 0 Å². The second kappa shape index (κ2) is 6.80. The normalized spacial score (nSPS) is 11.1. The number of rotatable bonds is 5. The largest absolute Gasteiger partial charge is 0.296 e. The molecule has 0 aliphatic rings. The van der Waals surface area contributed by atoms with E-state index < -0.39 is 5.78 Å². The van der Waals surface area contributed by atoms with Crippen molar-refractivity contribution in [2.75, 3.05) is 5.43 Å². The molecule has 0 fully saturated rings. The number of benzene rings is 2. The minimum absolute atomic E-state index is 0.148. The van der Waals surface area contributed by atoms with Crippen LogP contribution in [-0.2, 0) is 4.79 Å². The molecule has 0 spiro atoms. The van der Waals surface area contributed by atoms with Crippen LogP contribution in [0.2, 0.25) is 0 Å². The van der Waals surface area contributed by atoms with E-state index in [1.807, 2.05) is 51.1 Å². The molecular formula is C18H18N2O2. The lowest BCUT2D eigenvalue weighted by atomic mass is 10.1. The van der Waals surface area contributed by atoms with Gasteiger partial charge in [0, 0.05) is 5.56 Å². The average molecular weight is 294 g/mol. The molecule has 0 aromatic heterocycles. The number of aryl methyl sites for hydroxylation is 2. The van der Waals surface area contributed by atoms with E-state index in [1.165, 1.54) is 0 Å². The van der Waals surface area contributed by atoms with Gasteiger partial charge in [-0.2, -0.15) is 5.10 Å². The third-order valence-corrected chi connectivity index (χ3v) is 3.56. The molecule has 0 heterocycles. The van der Waals surface area contributed by atoms with Crippen LogP contribution in [0.3, 0.4) is 0 Å². The number of carbonyl (C=O) groups is 2. The summed E-state index contributed by atoms with van der Waals surface area (Å²) in [5, 5.41) is 3.96. The lowest BCUT2D eigenvalue weighted by Crippen LogP contribution is -2.17. The standard InChI is InChI=1S/C18H18N2O2/c1-12-7-9-15(10-8-12)18(22)17(11-21)20-19-16-6-4-5-13(2)14(16)3/h4-11,19H,1-3H3. The Morgan fingerprint density at radius 2 is 1.73 bits per heavy atom. The zero-order valence-electron chi connectivity index (χ0n) is 12.9. The molecule has 2 aromatic carbocycles. The molecule has 2 aromatic rings. The molecule has 1 N–H and O–H groups in total. The van der Waals surface area contributed by atoms with Crippen molar-refractivity contribution in [3.05, 3.63) is 64.7 Å². The maximum Gasteiger partial charge on any atom is 0.216 e. The number of hydrogen-bond acceptors (Lipinski definition) is 4. The van der Waals surface area contributed by atoms with Crippen molar-refractivity contribution in [2.45, 2.75) is 20.8 Å². The highest BCUT2D eigenvalue weighted by Crippen LogP contribution is 2.17. The van der Waals surface area contributed by atoms with Crippen LogP contribution in [0.5, 0.6) is 0 Å². The van der Waals surface area contributed by atoms with Crippen molar-refractivity contribution >= 4 is 23.5 Å². The number of carbonyl (C=O) groups excluding carboxylic acids is 2. The van der Waals surface area contributed by atoms with Crippen molar-refractivity contribution in [2.24, 2.45) is 5.10 Å². The van der Waals surface area contributed by atoms with Crippen molar-refractivity contribution in [3.63, 3.8) is 0 Å². The molecule has 0 atom stereocenters. The van der Waals surface area contributed by atoms with Crippen LogP contribution in [-0.4, -0.2) is 17.8 Å². The smallest absolute Gasteiger partial charge is 0.216 e. The van der Waals surface area contributed by atoms with Crippen molar-refractivity contribution in [1.29, 1.82) is 0 Å². The van der Waals surface area contributed by atoms with Gasteiger partial charge in [0.25, 0.3) is 0 Å². The van der Waals surface area contributed by atoms with Gasteiger partial charge in [-0.15, -0.1) is 0 Å². The Balaban J connectivity index is 2.24. The van der Waals surface area contributed by atoms with Gasteiger partial charge in [-0.3, -0.25) is 15.0 Å². The maximum absolute atomic E-state index is 12.3. The molecule has 4 nitrogen and oxygen atoms in total. The highest BCUT2D eigenvalue weighted by Gasteiger charge is 2.13. The Morgan fingerprint density at radius 3 is 2.36 bits per heavy atom. The van der Waals surface area contributed by atoms with Gasteiger partial charge in [0.15, 0.2) is 12.0 Å². The first kappa shape index (κ1) is 15.6. The Bertz CT molecular complexity index is 731.